The predicted octanol–water partition coefficient (Wildman–Crippen LogP) is 1.93. The molecule has 0 N–H and O–H groups in total. The smallest absolute Gasteiger partial charge is 0.211 e. The summed E-state index contributed by atoms with van der Waals surface area (Å²) in [6.07, 6.45) is 1.23. The third kappa shape index (κ3) is 1.44. The fourth-order valence-electron chi connectivity index (χ4n) is 0.672. The van der Waals surface area contributed by atoms with Crippen molar-refractivity contribution in [1.29, 1.82) is 0 Å². The second-order valence-electron chi connectivity index (χ2n) is 2.12. The Morgan fingerprint density at radius 2 is 2.00 bits per heavy atom. The van der Waals surface area contributed by atoms with Gasteiger partial charge in [-0.1, -0.05) is 11.6 Å². The summed E-state index contributed by atoms with van der Waals surface area (Å²) in [6.45, 7) is 1.53. The van der Waals surface area contributed by atoms with Gasteiger partial charge in [0.2, 0.25) is 5.78 Å². The number of Topliss-reactive ketones (excluding diaryl/α,β-unsaturated/α-hetero) is 1. The Morgan fingerprint density at radius 3 is 2.55 bits per heavy atom. The summed E-state index contributed by atoms with van der Waals surface area (Å²) in [5.41, 5.74) is 0.305. The zero-order chi connectivity index (χ0) is 8.59. The molecule has 11 heavy (non-hydrogen) atoms. The van der Waals surface area contributed by atoms with Gasteiger partial charge < -0.3 is 0 Å². The Labute approximate surface area is 77.0 Å². The Hall–Kier alpha value is -0.410. The van der Waals surface area contributed by atoms with E-state index >= 15 is 0 Å². The second kappa shape index (κ2) is 2.91. The van der Waals surface area contributed by atoms with Gasteiger partial charge in [-0.05, 0) is 22.9 Å². The zero-order valence-electron chi connectivity index (χ0n) is 5.65. The molecule has 0 amide bonds. The molecule has 0 aromatic heterocycles. The van der Waals surface area contributed by atoms with E-state index in [-0.39, 0.29) is 21.1 Å². The number of halogens is 2. The Bertz CT molecular complexity index is 302. The fourth-order valence-corrected chi connectivity index (χ4v) is 1.39. The van der Waals surface area contributed by atoms with E-state index in [1.807, 2.05) is 0 Å². The van der Waals surface area contributed by atoms with Gasteiger partial charge in [0.15, 0.2) is 5.78 Å². The van der Waals surface area contributed by atoms with Crippen LogP contribution in [0.1, 0.15) is 6.92 Å². The SMILES string of the molecule is CC1=C(Cl)C(=O)C(Br)=CC1=O. The van der Waals surface area contributed by atoms with Gasteiger partial charge in [0.25, 0.3) is 0 Å². The van der Waals surface area contributed by atoms with E-state index in [1.54, 1.807) is 0 Å². The molecule has 58 valence electrons. The number of allylic oxidation sites excluding steroid dienone is 4. The van der Waals surface area contributed by atoms with Gasteiger partial charge in [-0.3, -0.25) is 9.59 Å². The van der Waals surface area contributed by atoms with Crippen molar-refractivity contribution in [3.8, 4) is 0 Å². The highest BCUT2D eigenvalue weighted by Gasteiger charge is 2.22. The highest BCUT2D eigenvalue weighted by atomic mass is 79.9. The average Bonchev–Trinajstić information content (AvgIpc) is 1.97. The molecule has 0 saturated heterocycles. The van der Waals surface area contributed by atoms with E-state index in [2.05, 4.69) is 15.9 Å². The lowest BCUT2D eigenvalue weighted by atomic mass is 10.1. The molecule has 0 saturated carbocycles. The molecule has 0 heterocycles. The quantitative estimate of drug-likeness (QED) is 0.601. The summed E-state index contributed by atoms with van der Waals surface area (Å²) in [6, 6.07) is 0. The molecule has 0 radical (unpaired) electrons. The van der Waals surface area contributed by atoms with Crippen molar-refractivity contribution in [2.45, 2.75) is 6.92 Å². The minimum Gasteiger partial charge on any atom is -0.290 e. The molecule has 0 bridgehead atoms. The first kappa shape index (κ1) is 8.68. The monoisotopic (exact) mass is 234 g/mol. The van der Waals surface area contributed by atoms with Crippen molar-refractivity contribution in [3.63, 3.8) is 0 Å². The summed E-state index contributed by atoms with van der Waals surface area (Å²) >= 11 is 8.48. The van der Waals surface area contributed by atoms with Gasteiger partial charge in [-0.25, -0.2) is 0 Å². The fraction of sp³-hybridized carbons (Fsp3) is 0.143. The third-order valence-electron chi connectivity index (χ3n) is 1.37. The Morgan fingerprint density at radius 1 is 1.45 bits per heavy atom. The van der Waals surface area contributed by atoms with Crippen LogP contribution in [-0.4, -0.2) is 11.6 Å². The molecular formula is C7H4BrClO2. The molecule has 1 rings (SSSR count). The van der Waals surface area contributed by atoms with Crippen LogP contribution in [-0.2, 0) is 9.59 Å². The molecule has 4 heteroatoms. The lowest BCUT2D eigenvalue weighted by Crippen LogP contribution is -2.11. The van der Waals surface area contributed by atoms with Crippen molar-refractivity contribution in [3.05, 3.63) is 21.2 Å². The molecule has 0 fully saturated rings. The van der Waals surface area contributed by atoms with Gasteiger partial charge in [0.1, 0.15) is 0 Å². The first-order valence-electron chi connectivity index (χ1n) is 2.86. The maximum Gasteiger partial charge on any atom is 0.211 e. The Balaban J connectivity index is 3.19. The van der Waals surface area contributed by atoms with Crippen molar-refractivity contribution in [2.75, 3.05) is 0 Å². The van der Waals surface area contributed by atoms with E-state index in [1.165, 1.54) is 13.0 Å². The molecule has 0 atom stereocenters. The topological polar surface area (TPSA) is 34.1 Å². The first-order valence-corrected chi connectivity index (χ1v) is 4.03. The maximum atomic E-state index is 11.0. The molecule has 0 unspecified atom stereocenters. The van der Waals surface area contributed by atoms with Crippen LogP contribution >= 0.6 is 27.5 Å². The molecule has 0 aliphatic heterocycles. The van der Waals surface area contributed by atoms with Crippen LogP contribution in [0.15, 0.2) is 21.2 Å². The van der Waals surface area contributed by atoms with Crippen molar-refractivity contribution >= 4 is 39.1 Å². The largest absolute Gasteiger partial charge is 0.290 e. The Kier molecular flexibility index (Phi) is 2.30. The van der Waals surface area contributed by atoms with Crippen LogP contribution < -0.4 is 0 Å². The van der Waals surface area contributed by atoms with Crippen molar-refractivity contribution in [1.82, 2.24) is 0 Å². The lowest BCUT2D eigenvalue weighted by Gasteiger charge is -2.06. The molecule has 0 spiro atoms. The van der Waals surface area contributed by atoms with E-state index < -0.39 is 0 Å². The summed E-state index contributed by atoms with van der Waals surface area (Å²) in [7, 11) is 0. The van der Waals surface area contributed by atoms with Crippen LogP contribution in [0.3, 0.4) is 0 Å². The standard InChI is InChI=1S/C7H4BrClO2/c1-3-5(10)2-4(8)7(11)6(3)9/h2H,1H3. The molecule has 0 aromatic carbocycles. The van der Waals surface area contributed by atoms with Crippen molar-refractivity contribution < 1.29 is 9.59 Å². The summed E-state index contributed by atoms with van der Waals surface area (Å²) in [4.78, 5) is 22.0. The van der Waals surface area contributed by atoms with Crippen LogP contribution in [0.25, 0.3) is 0 Å². The van der Waals surface area contributed by atoms with Crippen LogP contribution in [0.5, 0.6) is 0 Å². The highest BCUT2D eigenvalue weighted by molar-refractivity contribution is 9.12. The van der Waals surface area contributed by atoms with Gasteiger partial charge in [0, 0.05) is 11.6 Å². The summed E-state index contributed by atoms with van der Waals surface area (Å²) in [5.74, 6) is -0.551. The molecule has 1 aliphatic rings. The predicted molar refractivity (Wildman–Crippen MR) is 45.6 cm³/mol. The normalized spacial score (nSPS) is 19.0. The molecular weight excluding hydrogens is 231 g/mol. The zero-order valence-corrected chi connectivity index (χ0v) is 7.99. The van der Waals surface area contributed by atoms with E-state index in [4.69, 9.17) is 11.6 Å². The minimum absolute atomic E-state index is 0.00405. The highest BCUT2D eigenvalue weighted by Crippen LogP contribution is 2.24. The van der Waals surface area contributed by atoms with Crippen LogP contribution in [0.4, 0.5) is 0 Å². The summed E-state index contributed by atoms with van der Waals surface area (Å²) in [5, 5.41) is 0.00405. The number of carbonyl (C=O) groups is 2. The van der Waals surface area contributed by atoms with Gasteiger partial charge in [-0.2, -0.15) is 0 Å². The van der Waals surface area contributed by atoms with Crippen LogP contribution in [0, 0.1) is 0 Å². The average molecular weight is 235 g/mol. The molecule has 0 aromatic rings. The first-order chi connectivity index (χ1) is 5.04. The van der Waals surface area contributed by atoms with Crippen molar-refractivity contribution in [2.24, 2.45) is 0 Å². The molecule has 2 nitrogen and oxygen atoms in total. The van der Waals surface area contributed by atoms with Gasteiger partial charge >= 0.3 is 0 Å². The van der Waals surface area contributed by atoms with E-state index in [9.17, 15) is 9.59 Å². The van der Waals surface area contributed by atoms with Crippen LogP contribution in [0.2, 0.25) is 0 Å². The van der Waals surface area contributed by atoms with E-state index in [0.29, 0.717) is 5.57 Å². The third-order valence-corrected chi connectivity index (χ3v) is 2.42. The van der Waals surface area contributed by atoms with Gasteiger partial charge in [-0.15, -0.1) is 0 Å². The van der Waals surface area contributed by atoms with E-state index in [0.717, 1.165) is 0 Å². The maximum absolute atomic E-state index is 11.0. The minimum atomic E-state index is -0.330. The number of carbonyl (C=O) groups excluding carboxylic acids is 2. The van der Waals surface area contributed by atoms with Gasteiger partial charge in [0.05, 0.1) is 9.51 Å². The number of hydrogen-bond donors (Lipinski definition) is 0. The number of ketones is 2. The lowest BCUT2D eigenvalue weighted by molar-refractivity contribution is -0.114. The number of rotatable bonds is 0. The molecule has 1 aliphatic carbocycles. The number of hydrogen-bond acceptors (Lipinski definition) is 2. The second-order valence-corrected chi connectivity index (χ2v) is 3.36. The summed E-state index contributed by atoms with van der Waals surface area (Å²) < 4.78 is 0.220.